The predicted molar refractivity (Wildman–Crippen MR) is 84.5 cm³/mol. The number of furan rings is 1. The van der Waals surface area contributed by atoms with Gasteiger partial charge in [-0.3, -0.25) is 4.79 Å². The fourth-order valence-electron chi connectivity index (χ4n) is 3.40. The SMILES string of the molecule is Cc1cc(S(=O)(=O)N2CCCC(N3CCNCC3=O)C2)c(C)o1. The van der Waals surface area contributed by atoms with Gasteiger partial charge < -0.3 is 14.6 Å². The van der Waals surface area contributed by atoms with Gasteiger partial charge in [0.15, 0.2) is 0 Å². The summed E-state index contributed by atoms with van der Waals surface area (Å²) in [5.41, 5.74) is 0. The lowest BCUT2D eigenvalue weighted by atomic mass is 10.1. The average molecular weight is 341 g/mol. The Labute approximate surface area is 136 Å². The van der Waals surface area contributed by atoms with Crippen LogP contribution in [0, 0.1) is 13.8 Å². The van der Waals surface area contributed by atoms with Crippen molar-refractivity contribution in [1.29, 1.82) is 0 Å². The van der Waals surface area contributed by atoms with Gasteiger partial charge in [0.05, 0.1) is 6.54 Å². The van der Waals surface area contributed by atoms with Crippen molar-refractivity contribution in [2.24, 2.45) is 0 Å². The summed E-state index contributed by atoms with van der Waals surface area (Å²) in [6.07, 6.45) is 1.61. The van der Waals surface area contributed by atoms with Gasteiger partial charge in [-0.25, -0.2) is 8.42 Å². The fraction of sp³-hybridized carbons (Fsp3) is 0.667. The van der Waals surface area contributed by atoms with Crippen molar-refractivity contribution in [3.63, 3.8) is 0 Å². The number of nitrogens with zero attached hydrogens (tertiary/aromatic N) is 2. The van der Waals surface area contributed by atoms with Crippen LogP contribution in [-0.2, 0) is 14.8 Å². The van der Waals surface area contributed by atoms with E-state index < -0.39 is 10.0 Å². The Kier molecular flexibility index (Phi) is 4.48. The quantitative estimate of drug-likeness (QED) is 0.865. The molecule has 8 heteroatoms. The molecule has 1 N–H and O–H groups in total. The highest BCUT2D eigenvalue weighted by Crippen LogP contribution is 2.27. The maximum atomic E-state index is 12.9. The topological polar surface area (TPSA) is 82.9 Å². The molecule has 1 atom stereocenters. The van der Waals surface area contributed by atoms with Crippen LogP contribution in [0.2, 0.25) is 0 Å². The van der Waals surface area contributed by atoms with Crippen LogP contribution in [0.1, 0.15) is 24.4 Å². The number of carbonyl (C=O) groups is 1. The van der Waals surface area contributed by atoms with E-state index in [1.54, 1.807) is 19.9 Å². The van der Waals surface area contributed by atoms with E-state index in [9.17, 15) is 13.2 Å². The number of rotatable bonds is 3. The van der Waals surface area contributed by atoms with Crippen LogP contribution >= 0.6 is 0 Å². The number of piperidine rings is 1. The standard InChI is InChI=1S/C15H23N3O4S/c1-11-8-14(12(2)22-11)23(20,21)17-6-3-4-13(10-17)18-7-5-16-9-15(18)19/h8,13,16H,3-7,9-10H2,1-2H3. The molecule has 0 bridgehead atoms. The van der Waals surface area contributed by atoms with Crippen LogP contribution in [-0.4, -0.2) is 62.3 Å². The Morgan fingerprint density at radius 2 is 2.09 bits per heavy atom. The van der Waals surface area contributed by atoms with Gasteiger partial charge in [-0.1, -0.05) is 0 Å². The second-order valence-corrected chi connectivity index (χ2v) is 8.11. The molecule has 0 radical (unpaired) electrons. The zero-order chi connectivity index (χ0) is 16.6. The Morgan fingerprint density at radius 1 is 1.30 bits per heavy atom. The highest BCUT2D eigenvalue weighted by atomic mass is 32.2. The highest BCUT2D eigenvalue weighted by Gasteiger charge is 2.36. The number of amides is 1. The number of piperazine rings is 1. The Morgan fingerprint density at radius 3 is 2.74 bits per heavy atom. The van der Waals surface area contributed by atoms with Crippen LogP contribution in [0.3, 0.4) is 0 Å². The molecule has 128 valence electrons. The lowest BCUT2D eigenvalue weighted by Crippen LogP contribution is -2.57. The van der Waals surface area contributed by atoms with E-state index in [1.165, 1.54) is 4.31 Å². The van der Waals surface area contributed by atoms with E-state index >= 15 is 0 Å². The summed E-state index contributed by atoms with van der Waals surface area (Å²) < 4.78 is 32.6. The van der Waals surface area contributed by atoms with Crippen LogP contribution < -0.4 is 5.32 Å². The van der Waals surface area contributed by atoms with E-state index in [2.05, 4.69) is 5.32 Å². The smallest absolute Gasteiger partial charge is 0.246 e. The second-order valence-electron chi connectivity index (χ2n) is 6.20. The molecule has 0 aromatic carbocycles. The summed E-state index contributed by atoms with van der Waals surface area (Å²) in [5.74, 6) is 1.06. The summed E-state index contributed by atoms with van der Waals surface area (Å²) in [4.78, 5) is 14.1. The van der Waals surface area contributed by atoms with E-state index in [-0.39, 0.29) is 16.8 Å². The lowest BCUT2D eigenvalue weighted by molar-refractivity contribution is -0.135. The Hall–Kier alpha value is -1.38. The second kappa shape index (κ2) is 6.26. The molecular weight excluding hydrogens is 318 g/mol. The first-order valence-corrected chi connectivity index (χ1v) is 9.41. The number of hydrogen-bond acceptors (Lipinski definition) is 5. The largest absolute Gasteiger partial charge is 0.465 e. The van der Waals surface area contributed by atoms with Gasteiger partial charge in [0.1, 0.15) is 16.4 Å². The van der Waals surface area contributed by atoms with E-state index in [1.807, 2.05) is 4.90 Å². The highest BCUT2D eigenvalue weighted by molar-refractivity contribution is 7.89. The zero-order valence-corrected chi connectivity index (χ0v) is 14.4. The molecule has 2 aliphatic heterocycles. The first-order valence-electron chi connectivity index (χ1n) is 7.97. The molecule has 23 heavy (non-hydrogen) atoms. The van der Waals surface area contributed by atoms with Crippen molar-refractivity contribution in [2.75, 3.05) is 32.7 Å². The maximum Gasteiger partial charge on any atom is 0.246 e. The van der Waals surface area contributed by atoms with Crippen molar-refractivity contribution < 1.29 is 17.6 Å². The molecule has 2 fully saturated rings. The van der Waals surface area contributed by atoms with Crippen molar-refractivity contribution >= 4 is 15.9 Å². The van der Waals surface area contributed by atoms with Crippen LogP contribution in [0.25, 0.3) is 0 Å². The third kappa shape index (κ3) is 3.15. The summed E-state index contributed by atoms with van der Waals surface area (Å²) >= 11 is 0. The van der Waals surface area contributed by atoms with Crippen LogP contribution in [0.4, 0.5) is 0 Å². The average Bonchev–Trinajstić information content (AvgIpc) is 2.87. The molecule has 1 amide bonds. The minimum Gasteiger partial charge on any atom is -0.465 e. The molecule has 7 nitrogen and oxygen atoms in total. The number of nitrogens with one attached hydrogen (secondary N) is 1. The van der Waals surface area contributed by atoms with Gasteiger partial charge in [0.25, 0.3) is 0 Å². The molecule has 0 aliphatic carbocycles. The van der Waals surface area contributed by atoms with Gasteiger partial charge in [-0.05, 0) is 32.8 Å². The monoisotopic (exact) mass is 341 g/mol. The summed E-state index contributed by atoms with van der Waals surface area (Å²) in [6, 6.07) is 1.53. The minimum atomic E-state index is -3.57. The molecule has 1 unspecified atom stereocenters. The van der Waals surface area contributed by atoms with Crippen molar-refractivity contribution in [3.8, 4) is 0 Å². The summed E-state index contributed by atoms with van der Waals surface area (Å²) in [6.45, 7) is 5.99. The van der Waals surface area contributed by atoms with E-state index in [4.69, 9.17) is 4.42 Å². The van der Waals surface area contributed by atoms with Gasteiger partial charge >= 0.3 is 0 Å². The maximum absolute atomic E-state index is 12.9. The first-order chi connectivity index (χ1) is 10.9. The number of carbonyl (C=O) groups excluding carboxylic acids is 1. The minimum absolute atomic E-state index is 0.0403. The summed E-state index contributed by atoms with van der Waals surface area (Å²) in [7, 11) is -3.57. The van der Waals surface area contributed by atoms with Gasteiger partial charge in [-0.2, -0.15) is 4.31 Å². The molecule has 3 heterocycles. The Bertz CT molecular complexity index is 698. The Balaban J connectivity index is 1.80. The molecule has 1 aromatic rings. The van der Waals surface area contributed by atoms with Gasteiger partial charge in [0, 0.05) is 32.2 Å². The van der Waals surface area contributed by atoms with Crippen LogP contribution in [0.15, 0.2) is 15.4 Å². The third-order valence-corrected chi connectivity index (χ3v) is 6.51. The van der Waals surface area contributed by atoms with Crippen molar-refractivity contribution in [2.45, 2.75) is 37.6 Å². The number of aryl methyl sites for hydroxylation is 2. The normalized spacial score (nSPS) is 24.2. The molecule has 2 saturated heterocycles. The summed E-state index contributed by atoms with van der Waals surface area (Å²) in [5, 5.41) is 3.05. The fourth-order valence-corrected chi connectivity index (χ4v) is 5.14. The van der Waals surface area contributed by atoms with Crippen molar-refractivity contribution in [3.05, 3.63) is 17.6 Å². The predicted octanol–water partition coefficient (Wildman–Crippen LogP) is 0.481. The molecule has 1 aromatic heterocycles. The molecular formula is C15H23N3O4S. The molecule has 3 rings (SSSR count). The number of sulfonamides is 1. The zero-order valence-electron chi connectivity index (χ0n) is 13.5. The third-order valence-electron chi connectivity index (χ3n) is 4.54. The lowest BCUT2D eigenvalue weighted by Gasteiger charge is -2.40. The van der Waals surface area contributed by atoms with Gasteiger partial charge in [-0.15, -0.1) is 0 Å². The first kappa shape index (κ1) is 16.5. The van der Waals surface area contributed by atoms with E-state index in [0.717, 1.165) is 19.4 Å². The molecule has 2 aliphatic rings. The van der Waals surface area contributed by atoms with Gasteiger partial charge in [0.2, 0.25) is 15.9 Å². The number of hydrogen-bond donors (Lipinski definition) is 1. The molecule has 0 saturated carbocycles. The van der Waals surface area contributed by atoms with Crippen molar-refractivity contribution in [1.82, 2.24) is 14.5 Å². The van der Waals surface area contributed by atoms with Crippen LogP contribution in [0.5, 0.6) is 0 Å². The molecule has 0 spiro atoms. The van der Waals surface area contributed by atoms with E-state index in [0.29, 0.717) is 37.7 Å².